The molecular formula is C29H36N6O3. The Balaban J connectivity index is 1.48. The molecule has 9 heteroatoms. The molecule has 1 saturated heterocycles. The zero-order valence-electron chi connectivity index (χ0n) is 22.4. The van der Waals surface area contributed by atoms with Crippen LogP contribution in [0, 0.1) is 5.92 Å². The van der Waals surface area contributed by atoms with Crippen molar-refractivity contribution in [3.05, 3.63) is 59.8 Å². The SMILES string of the molecule is COc1cc2cc(c1)Nc1nccc(n1)-c1ccc(OC)c(c1)CN(C)CCNC(=O)C1CCN(CC1)C2. The number of nitrogens with zero attached hydrogens (tertiary/aromatic N) is 4. The second-order valence-corrected chi connectivity index (χ2v) is 10.1. The average molecular weight is 517 g/mol. The molecule has 3 aliphatic heterocycles. The maximum absolute atomic E-state index is 12.8. The van der Waals surface area contributed by atoms with E-state index in [2.05, 4.69) is 50.7 Å². The summed E-state index contributed by atoms with van der Waals surface area (Å²) in [6, 6.07) is 14.1. The van der Waals surface area contributed by atoms with E-state index in [0.29, 0.717) is 19.0 Å². The van der Waals surface area contributed by atoms with Gasteiger partial charge in [-0.1, -0.05) is 0 Å². The van der Waals surface area contributed by atoms with Gasteiger partial charge in [0.1, 0.15) is 11.5 Å². The van der Waals surface area contributed by atoms with Gasteiger partial charge in [0.15, 0.2) is 0 Å². The molecule has 9 nitrogen and oxygen atoms in total. The van der Waals surface area contributed by atoms with Crippen molar-refractivity contribution >= 4 is 17.5 Å². The van der Waals surface area contributed by atoms with Crippen LogP contribution >= 0.6 is 0 Å². The minimum atomic E-state index is 0.0634. The highest BCUT2D eigenvalue weighted by Crippen LogP contribution is 2.29. The van der Waals surface area contributed by atoms with Crippen LogP contribution in [0.25, 0.3) is 11.3 Å². The van der Waals surface area contributed by atoms with Crippen LogP contribution in [0.2, 0.25) is 0 Å². The Bertz CT molecular complexity index is 1270. The fourth-order valence-electron chi connectivity index (χ4n) is 5.21. The third kappa shape index (κ3) is 6.23. The van der Waals surface area contributed by atoms with Crippen LogP contribution in [-0.4, -0.2) is 73.1 Å². The lowest BCUT2D eigenvalue weighted by Gasteiger charge is -2.31. The summed E-state index contributed by atoms with van der Waals surface area (Å²) < 4.78 is 11.2. The first-order chi connectivity index (χ1) is 18.5. The van der Waals surface area contributed by atoms with Crippen molar-refractivity contribution in [2.45, 2.75) is 25.9 Å². The number of amides is 1. The molecule has 200 valence electrons. The monoisotopic (exact) mass is 516 g/mol. The standard InChI is InChI=1S/C29H36N6O3/c1-34-13-10-30-28(36)21-7-11-35(12-8-21)18-20-14-24(17-25(15-20)37-2)32-29-31-9-6-26(33-29)22-4-5-27(38-3)23(16-22)19-34/h4-6,9,14-17,21H,7-8,10-13,18-19H2,1-3H3,(H,30,36)(H,31,32,33). The Kier molecular flexibility index (Phi) is 8.05. The van der Waals surface area contributed by atoms with Crippen molar-refractivity contribution in [3.8, 4) is 22.8 Å². The summed E-state index contributed by atoms with van der Waals surface area (Å²) >= 11 is 0. The third-order valence-corrected chi connectivity index (χ3v) is 7.29. The van der Waals surface area contributed by atoms with Crippen LogP contribution in [0.3, 0.4) is 0 Å². The third-order valence-electron chi connectivity index (χ3n) is 7.29. The van der Waals surface area contributed by atoms with Crippen molar-refractivity contribution < 1.29 is 14.3 Å². The van der Waals surface area contributed by atoms with E-state index in [4.69, 9.17) is 14.5 Å². The van der Waals surface area contributed by atoms with Gasteiger partial charge in [0, 0.05) is 61.2 Å². The van der Waals surface area contributed by atoms with Gasteiger partial charge in [-0.25, -0.2) is 9.97 Å². The number of aromatic nitrogens is 2. The molecule has 0 aliphatic carbocycles. The molecule has 0 unspecified atom stereocenters. The number of anilines is 2. The molecule has 2 N–H and O–H groups in total. The number of rotatable bonds is 2. The van der Waals surface area contributed by atoms with Crippen LogP contribution in [-0.2, 0) is 17.9 Å². The largest absolute Gasteiger partial charge is 0.497 e. The summed E-state index contributed by atoms with van der Waals surface area (Å²) in [5.74, 6) is 2.35. The first-order valence-corrected chi connectivity index (χ1v) is 13.1. The number of carbonyl (C=O) groups excluding carboxylic acids is 1. The summed E-state index contributed by atoms with van der Waals surface area (Å²) in [4.78, 5) is 26.7. The van der Waals surface area contributed by atoms with E-state index >= 15 is 0 Å². The van der Waals surface area contributed by atoms with Gasteiger partial charge in [-0.05, 0) is 74.9 Å². The Hall–Kier alpha value is -3.69. The molecule has 6 rings (SSSR count). The van der Waals surface area contributed by atoms with Gasteiger partial charge >= 0.3 is 0 Å². The van der Waals surface area contributed by atoms with Gasteiger partial charge in [-0.2, -0.15) is 0 Å². The van der Waals surface area contributed by atoms with E-state index in [1.165, 1.54) is 0 Å². The molecule has 1 fully saturated rings. The van der Waals surface area contributed by atoms with Crippen LogP contribution in [0.4, 0.5) is 11.6 Å². The molecule has 1 aromatic heterocycles. The summed E-state index contributed by atoms with van der Waals surface area (Å²) in [7, 11) is 5.42. The second-order valence-electron chi connectivity index (χ2n) is 10.1. The minimum Gasteiger partial charge on any atom is -0.497 e. The summed E-state index contributed by atoms with van der Waals surface area (Å²) in [5.41, 5.74) is 4.86. The predicted molar refractivity (Wildman–Crippen MR) is 148 cm³/mol. The summed E-state index contributed by atoms with van der Waals surface area (Å²) in [5, 5.41) is 6.53. The first-order valence-electron chi connectivity index (χ1n) is 13.1. The average Bonchev–Trinajstić information content (AvgIpc) is 2.93. The highest BCUT2D eigenvalue weighted by Gasteiger charge is 2.25. The zero-order chi connectivity index (χ0) is 26.5. The lowest BCUT2D eigenvalue weighted by atomic mass is 9.95. The summed E-state index contributed by atoms with van der Waals surface area (Å²) in [6.45, 7) is 4.62. The van der Waals surface area contributed by atoms with Crippen LogP contribution < -0.4 is 20.1 Å². The maximum Gasteiger partial charge on any atom is 0.227 e. The number of carbonyl (C=O) groups is 1. The van der Waals surface area contributed by atoms with E-state index in [0.717, 1.165) is 78.6 Å². The molecular weight excluding hydrogens is 480 g/mol. The van der Waals surface area contributed by atoms with Gasteiger partial charge in [0.25, 0.3) is 0 Å². The van der Waals surface area contributed by atoms with Crippen molar-refractivity contribution in [3.63, 3.8) is 0 Å². The lowest BCUT2D eigenvalue weighted by Crippen LogP contribution is -2.42. The number of fused-ring (bicyclic) bond motifs is 7. The number of ether oxygens (including phenoxy) is 2. The number of benzene rings is 2. The fraction of sp³-hybridized carbons (Fsp3) is 0.414. The molecule has 0 spiro atoms. The normalized spacial score (nSPS) is 20.6. The number of piperidine rings is 1. The van der Waals surface area contributed by atoms with E-state index in [9.17, 15) is 4.79 Å². The molecule has 0 radical (unpaired) electrons. The molecule has 3 aromatic rings. The maximum atomic E-state index is 12.8. The van der Waals surface area contributed by atoms with E-state index in [1.807, 2.05) is 24.3 Å². The molecule has 8 bridgehead atoms. The van der Waals surface area contributed by atoms with Crippen LogP contribution in [0.5, 0.6) is 11.5 Å². The van der Waals surface area contributed by atoms with Crippen molar-refractivity contribution in [1.29, 1.82) is 0 Å². The van der Waals surface area contributed by atoms with Gasteiger partial charge < -0.3 is 25.0 Å². The minimum absolute atomic E-state index is 0.0634. The lowest BCUT2D eigenvalue weighted by molar-refractivity contribution is -0.126. The Morgan fingerprint density at radius 3 is 2.61 bits per heavy atom. The van der Waals surface area contributed by atoms with Crippen molar-refractivity contribution in [1.82, 2.24) is 25.1 Å². The second kappa shape index (κ2) is 11.8. The Morgan fingerprint density at radius 1 is 0.974 bits per heavy atom. The molecule has 0 saturated carbocycles. The molecule has 4 heterocycles. The summed E-state index contributed by atoms with van der Waals surface area (Å²) in [6.07, 6.45) is 3.49. The fourth-order valence-corrected chi connectivity index (χ4v) is 5.21. The quantitative estimate of drug-likeness (QED) is 0.533. The molecule has 2 aromatic carbocycles. The van der Waals surface area contributed by atoms with Gasteiger partial charge in [0.05, 0.1) is 19.9 Å². The van der Waals surface area contributed by atoms with Crippen molar-refractivity contribution in [2.24, 2.45) is 5.92 Å². The Morgan fingerprint density at radius 2 is 1.82 bits per heavy atom. The molecule has 38 heavy (non-hydrogen) atoms. The smallest absolute Gasteiger partial charge is 0.227 e. The van der Waals surface area contributed by atoms with Crippen LogP contribution in [0.1, 0.15) is 24.0 Å². The van der Waals surface area contributed by atoms with Crippen LogP contribution in [0.15, 0.2) is 48.7 Å². The van der Waals surface area contributed by atoms with E-state index in [1.54, 1.807) is 20.4 Å². The van der Waals surface area contributed by atoms with E-state index in [-0.39, 0.29) is 11.8 Å². The molecule has 0 atom stereocenters. The van der Waals surface area contributed by atoms with Gasteiger partial charge in [0.2, 0.25) is 11.9 Å². The topological polar surface area (TPSA) is 91.8 Å². The number of nitrogens with one attached hydrogen (secondary N) is 2. The predicted octanol–water partition coefficient (Wildman–Crippen LogP) is 3.68. The number of hydrogen-bond acceptors (Lipinski definition) is 8. The molecule has 3 aliphatic rings. The van der Waals surface area contributed by atoms with Gasteiger partial charge in [-0.3, -0.25) is 9.69 Å². The number of hydrogen-bond donors (Lipinski definition) is 2. The Labute approximate surface area is 224 Å². The molecule has 1 amide bonds. The highest BCUT2D eigenvalue weighted by atomic mass is 16.5. The van der Waals surface area contributed by atoms with E-state index < -0.39 is 0 Å². The highest BCUT2D eigenvalue weighted by molar-refractivity contribution is 5.78. The first kappa shape index (κ1) is 25.9. The number of likely N-dealkylation sites (N-methyl/N-ethyl adjacent to an activating group) is 1. The van der Waals surface area contributed by atoms with Gasteiger partial charge in [-0.15, -0.1) is 0 Å². The number of methoxy groups -OCH3 is 2. The van der Waals surface area contributed by atoms with Crippen molar-refractivity contribution in [2.75, 3.05) is 52.8 Å². The zero-order valence-corrected chi connectivity index (χ0v) is 22.4.